The fourth-order valence-corrected chi connectivity index (χ4v) is 3.55. The summed E-state index contributed by atoms with van der Waals surface area (Å²) in [4.78, 5) is 12.3. The molecular formula is C18H25NO3. The SMILES string of the molecule is COc1cccc(C2CC2C(=O)NCC2CCCC(O)C2)c1. The Labute approximate surface area is 131 Å². The zero-order valence-corrected chi connectivity index (χ0v) is 13.1. The van der Waals surface area contributed by atoms with Gasteiger partial charge in [0.2, 0.25) is 5.91 Å². The maximum atomic E-state index is 12.3. The van der Waals surface area contributed by atoms with Crippen molar-refractivity contribution in [1.29, 1.82) is 0 Å². The number of rotatable bonds is 5. The molecule has 2 aliphatic carbocycles. The van der Waals surface area contributed by atoms with Gasteiger partial charge in [0.1, 0.15) is 5.75 Å². The summed E-state index contributed by atoms with van der Waals surface area (Å²) in [6, 6.07) is 7.99. The third-order valence-corrected chi connectivity index (χ3v) is 4.97. The third-order valence-electron chi connectivity index (χ3n) is 4.97. The van der Waals surface area contributed by atoms with Crippen LogP contribution >= 0.6 is 0 Å². The number of amides is 1. The fourth-order valence-electron chi connectivity index (χ4n) is 3.55. The highest BCUT2D eigenvalue weighted by Gasteiger charge is 2.44. The molecule has 2 fully saturated rings. The van der Waals surface area contributed by atoms with E-state index in [0.717, 1.165) is 37.9 Å². The number of hydrogen-bond acceptors (Lipinski definition) is 3. The van der Waals surface area contributed by atoms with Crippen LogP contribution in [0.2, 0.25) is 0 Å². The van der Waals surface area contributed by atoms with Crippen molar-refractivity contribution >= 4 is 5.91 Å². The van der Waals surface area contributed by atoms with Crippen LogP contribution in [0.3, 0.4) is 0 Å². The van der Waals surface area contributed by atoms with Gasteiger partial charge in [-0.05, 0) is 55.2 Å². The molecule has 0 spiro atoms. The van der Waals surface area contributed by atoms with Crippen molar-refractivity contribution in [1.82, 2.24) is 5.32 Å². The smallest absolute Gasteiger partial charge is 0.223 e. The molecule has 3 rings (SSSR count). The van der Waals surface area contributed by atoms with Crippen LogP contribution in [0.5, 0.6) is 5.75 Å². The molecule has 0 bridgehead atoms. The highest BCUT2D eigenvalue weighted by molar-refractivity contribution is 5.82. The Hall–Kier alpha value is -1.55. The second-order valence-corrected chi connectivity index (χ2v) is 6.66. The van der Waals surface area contributed by atoms with Crippen molar-refractivity contribution < 1.29 is 14.6 Å². The lowest BCUT2D eigenvalue weighted by Gasteiger charge is -2.25. The molecule has 0 aliphatic heterocycles. The molecule has 120 valence electrons. The van der Waals surface area contributed by atoms with E-state index in [0.29, 0.717) is 18.4 Å². The number of benzene rings is 1. The Morgan fingerprint density at radius 2 is 2.23 bits per heavy atom. The van der Waals surface area contributed by atoms with Gasteiger partial charge in [0.25, 0.3) is 0 Å². The summed E-state index contributed by atoms with van der Waals surface area (Å²) in [5.74, 6) is 1.86. The number of aliphatic hydroxyl groups is 1. The van der Waals surface area contributed by atoms with E-state index in [1.54, 1.807) is 7.11 Å². The molecule has 1 aromatic rings. The zero-order chi connectivity index (χ0) is 15.5. The van der Waals surface area contributed by atoms with Gasteiger partial charge in [0, 0.05) is 12.5 Å². The first kappa shape index (κ1) is 15.3. The van der Waals surface area contributed by atoms with Crippen LogP contribution in [-0.2, 0) is 4.79 Å². The number of hydrogen-bond donors (Lipinski definition) is 2. The Balaban J connectivity index is 1.48. The summed E-state index contributed by atoms with van der Waals surface area (Å²) >= 11 is 0. The van der Waals surface area contributed by atoms with Crippen molar-refractivity contribution in [3.8, 4) is 5.75 Å². The second-order valence-electron chi connectivity index (χ2n) is 6.66. The Morgan fingerprint density at radius 3 is 3.00 bits per heavy atom. The number of carbonyl (C=O) groups is 1. The normalized spacial score (nSPS) is 30.6. The van der Waals surface area contributed by atoms with Crippen molar-refractivity contribution in [2.24, 2.45) is 11.8 Å². The number of nitrogens with one attached hydrogen (secondary N) is 1. The quantitative estimate of drug-likeness (QED) is 0.878. The average molecular weight is 303 g/mol. The minimum absolute atomic E-state index is 0.0978. The number of aliphatic hydroxyl groups excluding tert-OH is 1. The molecule has 0 radical (unpaired) electrons. The number of methoxy groups -OCH3 is 1. The van der Waals surface area contributed by atoms with Gasteiger partial charge in [-0.25, -0.2) is 0 Å². The lowest BCUT2D eigenvalue weighted by Crippen LogP contribution is -2.34. The average Bonchev–Trinajstić information content (AvgIpc) is 3.33. The molecule has 1 amide bonds. The van der Waals surface area contributed by atoms with Gasteiger partial charge < -0.3 is 15.2 Å². The predicted molar refractivity (Wildman–Crippen MR) is 84.8 cm³/mol. The molecule has 0 heterocycles. The van der Waals surface area contributed by atoms with E-state index in [9.17, 15) is 9.90 Å². The van der Waals surface area contributed by atoms with Gasteiger partial charge in [-0.1, -0.05) is 18.6 Å². The van der Waals surface area contributed by atoms with Crippen LogP contribution in [0, 0.1) is 11.8 Å². The predicted octanol–water partition coefficient (Wildman–Crippen LogP) is 2.47. The summed E-state index contributed by atoms with van der Waals surface area (Å²) in [5.41, 5.74) is 1.19. The zero-order valence-electron chi connectivity index (χ0n) is 13.1. The van der Waals surface area contributed by atoms with Crippen molar-refractivity contribution in [2.45, 2.75) is 44.1 Å². The Morgan fingerprint density at radius 1 is 1.36 bits per heavy atom. The maximum absolute atomic E-state index is 12.3. The van der Waals surface area contributed by atoms with Crippen LogP contribution in [0.4, 0.5) is 0 Å². The largest absolute Gasteiger partial charge is 0.497 e. The first-order valence-electron chi connectivity index (χ1n) is 8.27. The Kier molecular flexibility index (Phi) is 4.67. The van der Waals surface area contributed by atoms with Crippen molar-refractivity contribution in [3.05, 3.63) is 29.8 Å². The van der Waals surface area contributed by atoms with Crippen LogP contribution in [-0.4, -0.2) is 30.8 Å². The van der Waals surface area contributed by atoms with Gasteiger partial charge in [-0.3, -0.25) is 4.79 Å². The van der Waals surface area contributed by atoms with Crippen LogP contribution in [0.1, 0.15) is 43.6 Å². The molecule has 0 aromatic heterocycles. The van der Waals surface area contributed by atoms with E-state index < -0.39 is 0 Å². The number of ether oxygens (including phenoxy) is 1. The topological polar surface area (TPSA) is 58.6 Å². The van der Waals surface area contributed by atoms with E-state index in [4.69, 9.17) is 4.74 Å². The van der Waals surface area contributed by atoms with Crippen molar-refractivity contribution in [3.63, 3.8) is 0 Å². The van der Waals surface area contributed by atoms with Crippen molar-refractivity contribution in [2.75, 3.05) is 13.7 Å². The molecule has 22 heavy (non-hydrogen) atoms. The van der Waals surface area contributed by atoms with E-state index in [1.165, 1.54) is 5.56 Å². The molecule has 1 aromatic carbocycles. The van der Waals surface area contributed by atoms with Gasteiger partial charge >= 0.3 is 0 Å². The summed E-state index contributed by atoms with van der Waals surface area (Å²) < 4.78 is 5.24. The van der Waals surface area contributed by atoms with Gasteiger partial charge in [0.15, 0.2) is 0 Å². The molecule has 2 N–H and O–H groups in total. The fraction of sp³-hybridized carbons (Fsp3) is 0.611. The molecular weight excluding hydrogens is 278 g/mol. The molecule has 2 saturated carbocycles. The van der Waals surface area contributed by atoms with Gasteiger partial charge in [-0.15, -0.1) is 0 Å². The Bertz CT molecular complexity index is 531. The number of carbonyl (C=O) groups excluding carboxylic acids is 1. The second kappa shape index (κ2) is 6.69. The van der Waals surface area contributed by atoms with E-state index in [2.05, 4.69) is 11.4 Å². The highest BCUT2D eigenvalue weighted by Crippen LogP contribution is 2.48. The third kappa shape index (κ3) is 3.61. The molecule has 4 unspecified atom stereocenters. The van der Waals surface area contributed by atoms with Crippen LogP contribution in [0.25, 0.3) is 0 Å². The van der Waals surface area contributed by atoms with Gasteiger partial charge in [0.05, 0.1) is 13.2 Å². The lowest BCUT2D eigenvalue weighted by atomic mass is 9.87. The summed E-state index contributed by atoms with van der Waals surface area (Å²) in [5, 5.41) is 12.8. The first-order chi connectivity index (χ1) is 10.7. The molecule has 2 aliphatic rings. The minimum atomic E-state index is -0.180. The van der Waals surface area contributed by atoms with Crippen LogP contribution < -0.4 is 10.1 Å². The van der Waals surface area contributed by atoms with Crippen LogP contribution in [0.15, 0.2) is 24.3 Å². The standard InChI is InChI=1S/C18H25NO3/c1-22-15-7-3-5-13(9-15)16-10-17(16)18(21)19-11-12-4-2-6-14(20)8-12/h3,5,7,9,12,14,16-17,20H,2,4,6,8,10-11H2,1H3,(H,19,21). The van der Waals surface area contributed by atoms with E-state index >= 15 is 0 Å². The summed E-state index contributed by atoms with van der Waals surface area (Å²) in [6.45, 7) is 0.706. The maximum Gasteiger partial charge on any atom is 0.223 e. The summed E-state index contributed by atoms with van der Waals surface area (Å²) in [6.07, 6.45) is 4.65. The van der Waals surface area contributed by atoms with E-state index in [1.807, 2.05) is 18.2 Å². The molecule has 4 heteroatoms. The minimum Gasteiger partial charge on any atom is -0.497 e. The molecule has 4 nitrogen and oxygen atoms in total. The lowest BCUT2D eigenvalue weighted by molar-refractivity contribution is -0.122. The monoisotopic (exact) mass is 303 g/mol. The van der Waals surface area contributed by atoms with E-state index in [-0.39, 0.29) is 17.9 Å². The molecule has 0 saturated heterocycles. The summed E-state index contributed by atoms with van der Waals surface area (Å²) in [7, 11) is 1.66. The first-order valence-corrected chi connectivity index (χ1v) is 8.27. The highest BCUT2D eigenvalue weighted by atomic mass is 16.5. The molecule has 4 atom stereocenters. The van der Waals surface area contributed by atoms with Gasteiger partial charge in [-0.2, -0.15) is 0 Å².